The molecule has 0 aromatic rings. The van der Waals surface area contributed by atoms with Gasteiger partial charge < -0.3 is 24.5 Å². The molecular weight excluding hydrogens is 262 g/mol. The van der Waals surface area contributed by atoms with Crippen molar-refractivity contribution < 1.29 is 19.4 Å². The molecule has 0 aliphatic carbocycles. The molecule has 7 heteroatoms. The van der Waals surface area contributed by atoms with Crippen molar-refractivity contribution >= 4 is 12.0 Å². The van der Waals surface area contributed by atoms with Crippen LogP contribution in [0.15, 0.2) is 0 Å². The molecule has 0 saturated carbocycles. The van der Waals surface area contributed by atoms with Gasteiger partial charge in [0.25, 0.3) is 0 Å². The van der Waals surface area contributed by atoms with Gasteiger partial charge in [-0.15, -0.1) is 0 Å². The molecule has 2 unspecified atom stereocenters. The zero-order valence-electron chi connectivity index (χ0n) is 12.7. The highest BCUT2D eigenvalue weighted by atomic mass is 16.5. The number of ether oxygens (including phenoxy) is 1. The third kappa shape index (κ3) is 4.35. The summed E-state index contributed by atoms with van der Waals surface area (Å²) in [7, 11) is 7.35. The summed E-state index contributed by atoms with van der Waals surface area (Å²) in [6.45, 7) is 2.00. The van der Waals surface area contributed by atoms with Crippen LogP contribution >= 0.6 is 0 Å². The Morgan fingerprint density at radius 2 is 1.80 bits per heavy atom. The lowest BCUT2D eigenvalue weighted by atomic mass is 10.0. The maximum Gasteiger partial charge on any atom is 0.319 e. The monoisotopic (exact) mass is 287 g/mol. The van der Waals surface area contributed by atoms with E-state index in [0.29, 0.717) is 6.54 Å². The molecule has 2 amide bonds. The Morgan fingerprint density at radius 3 is 2.35 bits per heavy atom. The van der Waals surface area contributed by atoms with Crippen LogP contribution in [0.1, 0.15) is 6.42 Å². The minimum absolute atomic E-state index is 0.162. The number of carbonyl (C=O) groups is 2. The molecule has 0 spiro atoms. The molecule has 0 bridgehead atoms. The molecule has 1 aliphatic rings. The highest BCUT2D eigenvalue weighted by molar-refractivity contribution is 5.77. The van der Waals surface area contributed by atoms with E-state index in [-0.39, 0.29) is 19.2 Å². The number of carboxylic acid groups (broad SMARTS) is 1. The van der Waals surface area contributed by atoms with Gasteiger partial charge >= 0.3 is 12.0 Å². The Morgan fingerprint density at radius 1 is 1.15 bits per heavy atom. The van der Waals surface area contributed by atoms with Crippen molar-refractivity contribution in [1.29, 1.82) is 0 Å². The highest BCUT2D eigenvalue weighted by Crippen LogP contribution is 2.19. The molecule has 1 aliphatic heterocycles. The Balaban J connectivity index is 2.51. The van der Waals surface area contributed by atoms with Crippen molar-refractivity contribution in [3.8, 4) is 0 Å². The Kier molecular flexibility index (Phi) is 6.22. The molecule has 1 saturated heterocycles. The number of urea groups is 1. The molecular formula is C13H25N3O4. The predicted molar refractivity (Wildman–Crippen MR) is 74.7 cm³/mol. The van der Waals surface area contributed by atoms with Crippen LogP contribution < -0.4 is 0 Å². The summed E-state index contributed by atoms with van der Waals surface area (Å²) in [5.74, 6) is -1.55. The maximum atomic E-state index is 12.3. The number of aliphatic carboxylic acids is 1. The van der Waals surface area contributed by atoms with Crippen LogP contribution in [0.4, 0.5) is 4.79 Å². The molecule has 1 heterocycles. The fourth-order valence-electron chi connectivity index (χ4n) is 2.29. The van der Waals surface area contributed by atoms with E-state index in [1.165, 1.54) is 4.90 Å². The van der Waals surface area contributed by atoms with Crippen LogP contribution in [0.5, 0.6) is 0 Å². The van der Waals surface area contributed by atoms with E-state index in [9.17, 15) is 9.59 Å². The SMILES string of the molecule is CN(C)CCCN(C)C(=O)N(C)C1COCC1C(=O)O. The molecule has 0 radical (unpaired) electrons. The maximum absolute atomic E-state index is 12.3. The van der Waals surface area contributed by atoms with Crippen molar-refractivity contribution in [3.63, 3.8) is 0 Å². The average molecular weight is 287 g/mol. The van der Waals surface area contributed by atoms with Gasteiger partial charge in [-0.25, -0.2) is 4.79 Å². The van der Waals surface area contributed by atoms with Crippen molar-refractivity contribution in [2.75, 3.05) is 54.5 Å². The standard InChI is InChI=1S/C13H25N3O4/c1-14(2)6-5-7-15(3)13(19)16(4)11-9-20-8-10(11)12(17)18/h10-11H,5-9H2,1-4H3,(H,17,18). The third-order valence-electron chi connectivity index (χ3n) is 3.59. The minimum Gasteiger partial charge on any atom is -0.481 e. The summed E-state index contributed by atoms with van der Waals surface area (Å²) in [5, 5.41) is 9.12. The lowest BCUT2D eigenvalue weighted by Crippen LogP contribution is -2.49. The summed E-state index contributed by atoms with van der Waals surface area (Å²) in [4.78, 5) is 28.6. The number of likely N-dealkylation sites (N-methyl/N-ethyl adjacent to an activating group) is 1. The summed E-state index contributed by atoms with van der Waals surface area (Å²) in [5.41, 5.74) is 0. The second kappa shape index (κ2) is 7.44. The number of rotatable bonds is 6. The van der Waals surface area contributed by atoms with E-state index < -0.39 is 17.9 Å². The van der Waals surface area contributed by atoms with Crippen LogP contribution in [0.3, 0.4) is 0 Å². The van der Waals surface area contributed by atoms with Gasteiger partial charge in [-0.3, -0.25) is 4.79 Å². The third-order valence-corrected chi connectivity index (χ3v) is 3.59. The van der Waals surface area contributed by atoms with Crippen molar-refractivity contribution in [3.05, 3.63) is 0 Å². The van der Waals surface area contributed by atoms with Gasteiger partial charge in [-0.05, 0) is 27.1 Å². The Labute approximate surface area is 120 Å². The van der Waals surface area contributed by atoms with Crippen LogP contribution in [0, 0.1) is 5.92 Å². The van der Waals surface area contributed by atoms with Crippen LogP contribution in [0.25, 0.3) is 0 Å². The number of amides is 2. The second-order valence-electron chi connectivity index (χ2n) is 5.52. The van der Waals surface area contributed by atoms with Crippen LogP contribution in [-0.4, -0.2) is 92.3 Å². The molecule has 116 valence electrons. The molecule has 0 aromatic carbocycles. The average Bonchev–Trinajstić information content (AvgIpc) is 2.85. The Hall–Kier alpha value is -1.34. The summed E-state index contributed by atoms with van der Waals surface area (Å²) in [6, 6.07) is -0.554. The molecule has 1 rings (SSSR count). The van der Waals surface area contributed by atoms with Crippen molar-refractivity contribution in [1.82, 2.24) is 14.7 Å². The first-order chi connectivity index (χ1) is 9.34. The largest absolute Gasteiger partial charge is 0.481 e. The van der Waals surface area contributed by atoms with E-state index >= 15 is 0 Å². The van der Waals surface area contributed by atoms with Gasteiger partial charge in [0.15, 0.2) is 0 Å². The quantitative estimate of drug-likeness (QED) is 0.745. The zero-order valence-corrected chi connectivity index (χ0v) is 12.7. The van der Waals surface area contributed by atoms with Gasteiger partial charge in [0.2, 0.25) is 0 Å². The lowest BCUT2D eigenvalue weighted by molar-refractivity contribution is -0.142. The van der Waals surface area contributed by atoms with Gasteiger partial charge in [0, 0.05) is 20.6 Å². The number of carbonyl (C=O) groups excluding carboxylic acids is 1. The number of carboxylic acids is 1. The molecule has 1 N–H and O–H groups in total. The second-order valence-corrected chi connectivity index (χ2v) is 5.52. The van der Waals surface area contributed by atoms with E-state index in [2.05, 4.69) is 4.90 Å². The smallest absolute Gasteiger partial charge is 0.319 e. The molecule has 0 aromatic heterocycles. The van der Waals surface area contributed by atoms with Gasteiger partial charge in [0.05, 0.1) is 19.3 Å². The fourth-order valence-corrected chi connectivity index (χ4v) is 2.29. The summed E-state index contributed by atoms with van der Waals surface area (Å²) >= 11 is 0. The normalized spacial score (nSPS) is 22.1. The lowest BCUT2D eigenvalue weighted by Gasteiger charge is -2.30. The van der Waals surface area contributed by atoms with E-state index in [0.717, 1.165) is 13.0 Å². The number of nitrogens with zero attached hydrogens (tertiary/aromatic N) is 3. The first-order valence-corrected chi connectivity index (χ1v) is 6.77. The van der Waals surface area contributed by atoms with Gasteiger partial charge in [0.1, 0.15) is 5.92 Å². The highest BCUT2D eigenvalue weighted by Gasteiger charge is 2.39. The van der Waals surface area contributed by atoms with Crippen LogP contribution in [0.2, 0.25) is 0 Å². The van der Waals surface area contributed by atoms with E-state index in [1.807, 2.05) is 14.1 Å². The molecule has 20 heavy (non-hydrogen) atoms. The van der Waals surface area contributed by atoms with Crippen molar-refractivity contribution in [2.45, 2.75) is 12.5 Å². The van der Waals surface area contributed by atoms with Crippen LogP contribution in [-0.2, 0) is 9.53 Å². The molecule has 1 fully saturated rings. The zero-order chi connectivity index (χ0) is 15.3. The number of hydrogen-bond acceptors (Lipinski definition) is 4. The Bertz CT molecular complexity index is 349. The first-order valence-electron chi connectivity index (χ1n) is 6.77. The van der Waals surface area contributed by atoms with E-state index in [4.69, 9.17) is 9.84 Å². The predicted octanol–water partition coefficient (Wildman–Crippen LogP) is 0.0213. The van der Waals surface area contributed by atoms with Crippen molar-refractivity contribution in [2.24, 2.45) is 5.92 Å². The van der Waals surface area contributed by atoms with E-state index in [1.54, 1.807) is 19.0 Å². The molecule has 7 nitrogen and oxygen atoms in total. The summed E-state index contributed by atoms with van der Waals surface area (Å²) < 4.78 is 5.19. The summed E-state index contributed by atoms with van der Waals surface area (Å²) in [6.07, 6.45) is 0.882. The number of hydrogen-bond donors (Lipinski definition) is 1. The van der Waals surface area contributed by atoms with Gasteiger partial charge in [-0.1, -0.05) is 0 Å². The minimum atomic E-state index is -0.914. The topological polar surface area (TPSA) is 73.3 Å². The molecule has 2 atom stereocenters. The first kappa shape index (κ1) is 16.7. The fraction of sp³-hybridized carbons (Fsp3) is 0.846. The van der Waals surface area contributed by atoms with Gasteiger partial charge in [-0.2, -0.15) is 0 Å².